The lowest BCUT2D eigenvalue weighted by Crippen LogP contribution is -2.34. The minimum Gasteiger partial charge on any atom is -0.356 e. The Labute approximate surface area is 124 Å². The van der Waals surface area contributed by atoms with Gasteiger partial charge in [0, 0.05) is 23.9 Å². The third kappa shape index (κ3) is 7.55. The molecule has 108 valence electrons. The zero-order valence-electron chi connectivity index (χ0n) is 11.8. The first kappa shape index (κ1) is 16.5. The predicted molar refractivity (Wildman–Crippen MR) is 82.7 cm³/mol. The summed E-state index contributed by atoms with van der Waals surface area (Å²) in [6, 6.07) is 3.80. The molecule has 0 aliphatic rings. The van der Waals surface area contributed by atoms with Crippen LogP contribution >= 0.6 is 22.9 Å². The van der Waals surface area contributed by atoms with Gasteiger partial charge in [0.1, 0.15) is 0 Å². The highest BCUT2D eigenvalue weighted by atomic mass is 35.5. The van der Waals surface area contributed by atoms with Crippen molar-refractivity contribution in [2.75, 3.05) is 6.54 Å². The number of nitrogens with one attached hydrogen (secondary N) is 1. The monoisotopic (exact) mass is 302 g/mol. The third-order valence-corrected chi connectivity index (χ3v) is 3.94. The highest BCUT2D eigenvalue weighted by molar-refractivity contribution is 7.16. The third-order valence-electron chi connectivity index (χ3n) is 2.64. The van der Waals surface area contributed by atoms with Crippen LogP contribution in [0.3, 0.4) is 0 Å². The Hall–Kier alpha value is -0.580. The Morgan fingerprint density at radius 3 is 2.68 bits per heavy atom. The molecule has 19 heavy (non-hydrogen) atoms. The molecule has 0 aliphatic heterocycles. The van der Waals surface area contributed by atoms with Gasteiger partial charge in [-0.3, -0.25) is 4.79 Å². The van der Waals surface area contributed by atoms with Crippen molar-refractivity contribution in [1.29, 1.82) is 0 Å². The Balaban J connectivity index is 2.21. The van der Waals surface area contributed by atoms with E-state index < -0.39 is 0 Å². The van der Waals surface area contributed by atoms with E-state index in [0.29, 0.717) is 13.0 Å². The van der Waals surface area contributed by atoms with Crippen LogP contribution in [0.5, 0.6) is 0 Å². The van der Waals surface area contributed by atoms with Crippen LogP contribution in [-0.4, -0.2) is 18.5 Å². The molecule has 5 heteroatoms. The molecular formula is C14H23ClN2OS. The van der Waals surface area contributed by atoms with Crippen molar-refractivity contribution in [1.82, 2.24) is 5.32 Å². The SMILES string of the molecule is CC(C)(C)CC(N)CC(=O)NCCc1ccc(Cl)s1. The predicted octanol–water partition coefficient (Wildman–Crippen LogP) is 3.21. The number of thiophene rings is 1. The number of rotatable bonds is 6. The van der Waals surface area contributed by atoms with Crippen molar-refractivity contribution in [3.05, 3.63) is 21.3 Å². The summed E-state index contributed by atoms with van der Waals surface area (Å²) in [6.45, 7) is 7.03. The first-order valence-corrected chi connectivity index (χ1v) is 7.72. The maximum atomic E-state index is 11.7. The molecule has 3 N–H and O–H groups in total. The van der Waals surface area contributed by atoms with Crippen molar-refractivity contribution >= 4 is 28.8 Å². The zero-order valence-corrected chi connectivity index (χ0v) is 13.4. The molecule has 0 aliphatic carbocycles. The summed E-state index contributed by atoms with van der Waals surface area (Å²) >= 11 is 7.40. The molecule has 0 saturated heterocycles. The van der Waals surface area contributed by atoms with E-state index in [0.717, 1.165) is 17.2 Å². The van der Waals surface area contributed by atoms with E-state index in [2.05, 4.69) is 26.1 Å². The van der Waals surface area contributed by atoms with Gasteiger partial charge in [-0.25, -0.2) is 0 Å². The molecule has 1 unspecified atom stereocenters. The van der Waals surface area contributed by atoms with Gasteiger partial charge in [-0.2, -0.15) is 0 Å². The van der Waals surface area contributed by atoms with Gasteiger partial charge >= 0.3 is 0 Å². The second-order valence-electron chi connectivity index (χ2n) is 6.03. The minimum absolute atomic E-state index is 0.0272. The summed E-state index contributed by atoms with van der Waals surface area (Å²) < 4.78 is 0.786. The average Bonchev–Trinajstić information content (AvgIpc) is 2.60. The van der Waals surface area contributed by atoms with Crippen LogP contribution in [0.15, 0.2) is 12.1 Å². The summed E-state index contributed by atoms with van der Waals surface area (Å²) in [5.41, 5.74) is 6.13. The number of halogens is 1. The molecule has 0 bridgehead atoms. The van der Waals surface area contributed by atoms with Crippen molar-refractivity contribution in [3.8, 4) is 0 Å². The second-order valence-corrected chi connectivity index (χ2v) is 7.83. The van der Waals surface area contributed by atoms with Crippen LogP contribution in [0.4, 0.5) is 0 Å². The lowest BCUT2D eigenvalue weighted by atomic mass is 9.87. The molecule has 1 atom stereocenters. The van der Waals surface area contributed by atoms with Crippen LogP contribution in [0, 0.1) is 5.41 Å². The molecule has 0 fully saturated rings. The van der Waals surface area contributed by atoms with Gasteiger partial charge in [0.2, 0.25) is 5.91 Å². The Kier molecular flexibility index (Phi) is 6.30. The van der Waals surface area contributed by atoms with Gasteiger partial charge < -0.3 is 11.1 Å². The first-order valence-electron chi connectivity index (χ1n) is 6.53. The van der Waals surface area contributed by atoms with Gasteiger partial charge in [-0.05, 0) is 30.4 Å². The summed E-state index contributed by atoms with van der Waals surface area (Å²) in [6.07, 6.45) is 2.06. The summed E-state index contributed by atoms with van der Waals surface area (Å²) in [7, 11) is 0. The van der Waals surface area contributed by atoms with Crippen molar-refractivity contribution in [3.63, 3.8) is 0 Å². The number of carbonyl (C=O) groups is 1. The lowest BCUT2D eigenvalue weighted by molar-refractivity contribution is -0.121. The second kappa shape index (κ2) is 7.27. The maximum Gasteiger partial charge on any atom is 0.221 e. The molecule has 1 amide bonds. The van der Waals surface area contributed by atoms with Gasteiger partial charge in [0.05, 0.1) is 4.34 Å². The van der Waals surface area contributed by atoms with E-state index >= 15 is 0 Å². The summed E-state index contributed by atoms with van der Waals surface area (Å²) in [4.78, 5) is 12.9. The number of carbonyl (C=O) groups excluding carboxylic acids is 1. The number of amides is 1. The van der Waals surface area contributed by atoms with E-state index in [1.165, 1.54) is 4.88 Å². The number of nitrogens with two attached hydrogens (primary N) is 1. The van der Waals surface area contributed by atoms with Crippen LogP contribution in [0.25, 0.3) is 0 Å². The maximum absolute atomic E-state index is 11.7. The van der Waals surface area contributed by atoms with Crippen molar-refractivity contribution < 1.29 is 4.79 Å². The van der Waals surface area contributed by atoms with E-state index in [1.54, 1.807) is 11.3 Å². The molecule has 0 spiro atoms. The molecule has 0 aromatic carbocycles. The van der Waals surface area contributed by atoms with E-state index in [4.69, 9.17) is 17.3 Å². The molecular weight excluding hydrogens is 280 g/mol. The number of hydrogen-bond acceptors (Lipinski definition) is 3. The largest absolute Gasteiger partial charge is 0.356 e. The highest BCUT2D eigenvalue weighted by Gasteiger charge is 2.17. The van der Waals surface area contributed by atoms with Crippen LogP contribution in [-0.2, 0) is 11.2 Å². The molecule has 0 radical (unpaired) electrons. The topological polar surface area (TPSA) is 55.1 Å². The normalized spacial score (nSPS) is 13.3. The van der Waals surface area contributed by atoms with Crippen LogP contribution in [0.1, 0.15) is 38.5 Å². The van der Waals surface area contributed by atoms with Gasteiger partial charge in [0.25, 0.3) is 0 Å². The molecule has 3 nitrogen and oxygen atoms in total. The Morgan fingerprint density at radius 1 is 1.47 bits per heavy atom. The molecule has 1 aromatic heterocycles. The fourth-order valence-corrected chi connectivity index (χ4v) is 3.07. The Morgan fingerprint density at radius 2 is 2.16 bits per heavy atom. The number of hydrogen-bond donors (Lipinski definition) is 2. The Bertz CT molecular complexity index is 412. The fraction of sp³-hybridized carbons (Fsp3) is 0.643. The van der Waals surface area contributed by atoms with Crippen LogP contribution < -0.4 is 11.1 Å². The molecule has 1 aromatic rings. The summed E-state index contributed by atoms with van der Waals surface area (Å²) in [5.74, 6) is 0.0272. The zero-order chi connectivity index (χ0) is 14.5. The standard InChI is InChI=1S/C14H23ClN2OS/c1-14(2,3)9-10(16)8-13(18)17-7-6-11-4-5-12(15)19-11/h4-5,10H,6-9,16H2,1-3H3,(H,17,18). The van der Waals surface area contributed by atoms with E-state index in [9.17, 15) is 4.79 Å². The first-order chi connectivity index (χ1) is 8.76. The van der Waals surface area contributed by atoms with Gasteiger partial charge in [-0.1, -0.05) is 32.4 Å². The lowest BCUT2D eigenvalue weighted by Gasteiger charge is -2.22. The highest BCUT2D eigenvalue weighted by Crippen LogP contribution is 2.22. The van der Waals surface area contributed by atoms with Gasteiger partial charge in [-0.15, -0.1) is 11.3 Å². The quantitative estimate of drug-likeness (QED) is 0.848. The van der Waals surface area contributed by atoms with Crippen molar-refractivity contribution in [2.24, 2.45) is 11.1 Å². The smallest absolute Gasteiger partial charge is 0.221 e. The van der Waals surface area contributed by atoms with E-state index in [-0.39, 0.29) is 17.4 Å². The van der Waals surface area contributed by atoms with Gasteiger partial charge in [0.15, 0.2) is 0 Å². The average molecular weight is 303 g/mol. The minimum atomic E-state index is -0.0730. The van der Waals surface area contributed by atoms with E-state index in [1.807, 2.05) is 12.1 Å². The fourth-order valence-electron chi connectivity index (χ4n) is 1.98. The molecule has 1 heterocycles. The molecule has 1 rings (SSSR count). The van der Waals surface area contributed by atoms with Crippen LogP contribution in [0.2, 0.25) is 4.34 Å². The van der Waals surface area contributed by atoms with Crippen molar-refractivity contribution in [2.45, 2.75) is 46.1 Å². The summed E-state index contributed by atoms with van der Waals surface area (Å²) in [5, 5.41) is 2.90. The molecule has 0 saturated carbocycles.